The summed E-state index contributed by atoms with van der Waals surface area (Å²) in [6, 6.07) is 10.1. The molecule has 75 valence electrons. The monoisotopic (exact) mass is 187 g/mol. The fourth-order valence-electron chi connectivity index (χ4n) is 2.40. The van der Waals surface area contributed by atoms with Crippen LogP contribution < -0.4 is 0 Å². The average Bonchev–Trinajstić information content (AvgIpc) is 2.30. The molecule has 2 rings (SSSR count). The molecule has 0 nitrogen and oxygen atoms in total. The molecular formula is C14H19. The van der Waals surface area contributed by atoms with Crippen molar-refractivity contribution in [3.05, 3.63) is 35.4 Å². The lowest BCUT2D eigenvalue weighted by molar-refractivity contribution is 0.443. The molecule has 14 heavy (non-hydrogen) atoms. The second-order valence-corrected chi connectivity index (χ2v) is 4.34. The van der Waals surface area contributed by atoms with Crippen molar-refractivity contribution < 1.29 is 0 Å². The van der Waals surface area contributed by atoms with Crippen molar-refractivity contribution in [1.82, 2.24) is 0 Å². The van der Waals surface area contributed by atoms with Crippen LogP contribution in [0.3, 0.4) is 0 Å². The Bertz CT molecular complexity index is 282. The van der Waals surface area contributed by atoms with Gasteiger partial charge in [-0.25, -0.2) is 0 Å². The van der Waals surface area contributed by atoms with Gasteiger partial charge in [-0.2, -0.15) is 0 Å². The lowest BCUT2D eigenvalue weighted by Crippen LogP contribution is -2.04. The molecule has 1 aromatic carbocycles. The van der Waals surface area contributed by atoms with Crippen molar-refractivity contribution in [3.63, 3.8) is 0 Å². The molecule has 1 saturated carbocycles. The molecular weight excluding hydrogens is 168 g/mol. The van der Waals surface area contributed by atoms with Crippen molar-refractivity contribution in [2.75, 3.05) is 0 Å². The molecule has 0 atom stereocenters. The van der Waals surface area contributed by atoms with E-state index >= 15 is 0 Å². The maximum Gasteiger partial charge on any atom is -0.0146 e. The minimum absolute atomic E-state index is 0.801. The van der Waals surface area contributed by atoms with Gasteiger partial charge in [0.05, 0.1) is 0 Å². The number of hydrogen-bond acceptors (Lipinski definition) is 0. The summed E-state index contributed by atoms with van der Waals surface area (Å²) < 4.78 is 0. The van der Waals surface area contributed by atoms with E-state index in [0.717, 1.165) is 12.3 Å². The van der Waals surface area contributed by atoms with Gasteiger partial charge in [0.1, 0.15) is 0 Å². The van der Waals surface area contributed by atoms with Crippen LogP contribution in [0.4, 0.5) is 0 Å². The van der Waals surface area contributed by atoms with Gasteiger partial charge in [0.2, 0.25) is 0 Å². The molecule has 0 N–H and O–H groups in total. The summed E-state index contributed by atoms with van der Waals surface area (Å²) in [6.45, 7) is 2.22. The highest BCUT2D eigenvalue weighted by atomic mass is 14.2. The number of rotatable bonds is 2. The maximum atomic E-state index is 3.41. The van der Waals surface area contributed by atoms with Crippen LogP contribution in [0.5, 0.6) is 0 Å². The molecule has 1 aromatic rings. The van der Waals surface area contributed by atoms with Crippen LogP contribution >= 0.6 is 0 Å². The maximum absolute atomic E-state index is 3.41. The van der Waals surface area contributed by atoms with E-state index in [1.165, 1.54) is 43.2 Å². The summed E-state index contributed by atoms with van der Waals surface area (Å²) in [4.78, 5) is 0. The van der Waals surface area contributed by atoms with Crippen molar-refractivity contribution in [2.45, 2.75) is 51.4 Å². The minimum Gasteiger partial charge on any atom is -0.0613 e. The van der Waals surface area contributed by atoms with E-state index in [1.807, 2.05) is 0 Å². The quantitative estimate of drug-likeness (QED) is 0.654. The summed E-state index contributed by atoms with van der Waals surface area (Å²) in [5, 5.41) is 0. The highest BCUT2D eigenvalue weighted by Crippen LogP contribution is 2.32. The Morgan fingerprint density at radius 2 is 2.07 bits per heavy atom. The van der Waals surface area contributed by atoms with Gasteiger partial charge in [-0.3, -0.25) is 0 Å². The first-order valence-corrected chi connectivity index (χ1v) is 5.90. The van der Waals surface area contributed by atoms with E-state index < -0.39 is 0 Å². The second-order valence-electron chi connectivity index (χ2n) is 4.34. The van der Waals surface area contributed by atoms with Crippen molar-refractivity contribution in [1.29, 1.82) is 0 Å². The Morgan fingerprint density at radius 3 is 2.79 bits per heavy atom. The van der Waals surface area contributed by atoms with E-state index in [2.05, 4.69) is 31.2 Å². The minimum atomic E-state index is 0.801. The molecule has 0 heterocycles. The number of hydrogen-bond donors (Lipinski definition) is 0. The van der Waals surface area contributed by atoms with E-state index in [0.29, 0.717) is 0 Å². The Hall–Kier alpha value is -0.780. The Balaban J connectivity index is 2.13. The summed E-state index contributed by atoms with van der Waals surface area (Å²) in [6.07, 6.45) is 8.16. The van der Waals surface area contributed by atoms with E-state index in [1.54, 1.807) is 0 Å². The first kappa shape index (κ1) is 9.76. The third-order valence-corrected chi connectivity index (χ3v) is 3.34. The van der Waals surface area contributed by atoms with Crippen molar-refractivity contribution in [3.8, 4) is 0 Å². The molecule has 0 bridgehead atoms. The van der Waals surface area contributed by atoms with E-state index in [9.17, 15) is 0 Å². The number of aryl methyl sites for hydroxylation is 1. The summed E-state index contributed by atoms with van der Waals surface area (Å²) in [7, 11) is 0. The van der Waals surface area contributed by atoms with Gasteiger partial charge in [-0.1, -0.05) is 44.4 Å². The molecule has 1 aliphatic rings. The van der Waals surface area contributed by atoms with Gasteiger partial charge in [0, 0.05) is 0 Å². The summed E-state index contributed by atoms with van der Waals surface area (Å²) in [5.41, 5.74) is 2.92. The fourth-order valence-corrected chi connectivity index (χ4v) is 2.40. The zero-order valence-electron chi connectivity index (χ0n) is 9.05. The van der Waals surface area contributed by atoms with Gasteiger partial charge in [-0.05, 0) is 42.4 Å². The normalized spacial score (nSPS) is 18.4. The van der Waals surface area contributed by atoms with Crippen LogP contribution in [0.1, 0.15) is 56.1 Å². The molecule has 1 radical (unpaired) electrons. The molecule has 1 fully saturated rings. The molecule has 0 saturated heterocycles. The standard InChI is InChI=1S/C14H19/c1-2-12-7-6-10-14(11-12)13-8-4-3-5-9-13/h6-7,11,13H,2-5,8-9H2,1H3. The van der Waals surface area contributed by atoms with Gasteiger partial charge in [0.25, 0.3) is 0 Å². The van der Waals surface area contributed by atoms with Crippen molar-refractivity contribution in [2.24, 2.45) is 0 Å². The Labute approximate surface area is 87.3 Å². The van der Waals surface area contributed by atoms with Crippen LogP contribution in [0.15, 0.2) is 18.2 Å². The molecule has 1 aliphatic carbocycles. The van der Waals surface area contributed by atoms with Crippen LogP contribution in [-0.2, 0) is 6.42 Å². The van der Waals surface area contributed by atoms with Gasteiger partial charge in [0.15, 0.2) is 0 Å². The largest absolute Gasteiger partial charge is 0.0613 e. The molecule has 0 spiro atoms. The van der Waals surface area contributed by atoms with Gasteiger partial charge < -0.3 is 0 Å². The van der Waals surface area contributed by atoms with Crippen LogP contribution in [0.2, 0.25) is 0 Å². The second kappa shape index (κ2) is 4.63. The Kier molecular flexibility index (Phi) is 3.23. The lowest BCUT2D eigenvalue weighted by atomic mass is 9.83. The first-order chi connectivity index (χ1) is 6.90. The molecule has 0 aromatic heterocycles. The highest BCUT2D eigenvalue weighted by molar-refractivity contribution is 5.25. The predicted octanol–water partition coefficient (Wildman–Crippen LogP) is 4.10. The van der Waals surface area contributed by atoms with Crippen LogP contribution in [0.25, 0.3) is 0 Å². The molecule has 0 heteroatoms. The zero-order chi connectivity index (χ0) is 9.80. The van der Waals surface area contributed by atoms with Crippen LogP contribution in [0, 0.1) is 6.07 Å². The van der Waals surface area contributed by atoms with E-state index in [4.69, 9.17) is 0 Å². The van der Waals surface area contributed by atoms with Gasteiger partial charge >= 0.3 is 0 Å². The third-order valence-electron chi connectivity index (χ3n) is 3.34. The zero-order valence-corrected chi connectivity index (χ0v) is 9.05. The molecule has 0 aliphatic heterocycles. The third kappa shape index (κ3) is 2.17. The average molecular weight is 187 g/mol. The van der Waals surface area contributed by atoms with Crippen LogP contribution in [-0.4, -0.2) is 0 Å². The summed E-state index contributed by atoms with van der Waals surface area (Å²) >= 11 is 0. The molecule has 0 unspecified atom stereocenters. The lowest BCUT2D eigenvalue weighted by Gasteiger charge is -2.22. The number of benzene rings is 1. The molecule has 0 amide bonds. The fraction of sp³-hybridized carbons (Fsp3) is 0.571. The summed E-state index contributed by atoms with van der Waals surface area (Å²) in [5.74, 6) is 0.801. The SMILES string of the molecule is CCc1cc[c]c(C2CCCCC2)c1. The van der Waals surface area contributed by atoms with E-state index in [-0.39, 0.29) is 0 Å². The predicted molar refractivity (Wildman–Crippen MR) is 60.5 cm³/mol. The van der Waals surface area contributed by atoms with Crippen molar-refractivity contribution >= 4 is 0 Å². The smallest absolute Gasteiger partial charge is 0.0146 e. The first-order valence-electron chi connectivity index (χ1n) is 5.90. The van der Waals surface area contributed by atoms with Gasteiger partial charge in [-0.15, -0.1) is 0 Å². The topological polar surface area (TPSA) is 0 Å². The Morgan fingerprint density at radius 1 is 1.29 bits per heavy atom. The highest BCUT2D eigenvalue weighted by Gasteiger charge is 2.15.